The molecule has 0 aromatic carbocycles. The third-order valence-electron chi connectivity index (χ3n) is 4.17. The molecule has 0 spiro atoms. The molecule has 100 valence electrons. The summed E-state index contributed by atoms with van der Waals surface area (Å²) in [5.41, 5.74) is 5.77. The first-order valence-corrected chi connectivity index (χ1v) is 7.49. The predicted molar refractivity (Wildman–Crippen MR) is 68.2 cm³/mol. The predicted octanol–water partition coefficient (Wildman–Crippen LogP) is 0.170. The second-order valence-electron chi connectivity index (χ2n) is 5.32. The average Bonchev–Trinajstić information content (AvgIpc) is 2.91. The smallest absolute Gasteiger partial charge is 0.282 e. The molecule has 3 rings (SSSR count). The summed E-state index contributed by atoms with van der Waals surface area (Å²) in [5, 5.41) is 0. The highest BCUT2D eigenvalue weighted by molar-refractivity contribution is 7.86. The number of fused-ring (bicyclic) bond motifs is 2. The van der Waals surface area contributed by atoms with Crippen LogP contribution in [0.15, 0.2) is 0 Å². The number of hydrogen-bond acceptors (Lipinski definition) is 3. The van der Waals surface area contributed by atoms with Crippen LogP contribution >= 0.6 is 12.4 Å². The number of nitrogens with zero attached hydrogens (tertiary/aromatic N) is 2. The summed E-state index contributed by atoms with van der Waals surface area (Å²) >= 11 is 0. The van der Waals surface area contributed by atoms with Crippen molar-refractivity contribution in [1.29, 1.82) is 0 Å². The molecule has 1 saturated carbocycles. The third-order valence-corrected chi connectivity index (χ3v) is 6.19. The van der Waals surface area contributed by atoms with E-state index in [1.165, 1.54) is 6.42 Å². The van der Waals surface area contributed by atoms with Crippen molar-refractivity contribution in [3.8, 4) is 0 Å². The lowest BCUT2D eigenvalue weighted by molar-refractivity contribution is 0.304. The Hall–Kier alpha value is 0.120. The van der Waals surface area contributed by atoms with Crippen LogP contribution in [0.2, 0.25) is 0 Å². The van der Waals surface area contributed by atoms with Crippen LogP contribution in [0.5, 0.6) is 0 Å². The highest BCUT2D eigenvalue weighted by atomic mass is 35.5. The largest absolute Gasteiger partial charge is 0.326 e. The van der Waals surface area contributed by atoms with E-state index in [0.717, 1.165) is 25.8 Å². The van der Waals surface area contributed by atoms with Crippen molar-refractivity contribution in [2.45, 2.75) is 37.8 Å². The lowest BCUT2D eigenvalue weighted by atomic mass is 10.1. The second kappa shape index (κ2) is 4.66. The molecule has 7 heteroatoms. The van der Waals surface area contributed by atoms with E-state index < -0.39 is 10.2 Å². The minimum Gasteiger partial charge on any atom is -0.326 e. The fraction of sp³-hybridized carbons (Fsp3) is 1.00. The van der Waals surface area contributed by atoms with Gasteiger partial charge in [0.25, 0.3) is 10.2 Å². The Bertz CT molecular complexity index is 389. The van der Waals surface area contributed by atoms with E-state index in [9.17, 15) is 8.42 Å². The first kappa shape index (κ1) is 13.5. The number of piperidine rings is 1. The molecule has 3 atom stereocenters. The van der Waals surface area contributed by atoms with Gasteiger partial charge in [0.15, 0.2) is 0 Å². The van der Waals surface area contributed by atoms with E-state index in [-0.39, 0.29) is 24.5 Å². The molecule has 1 aliphatic carbocycles. The maximum absolute atomic E-state index is 12.4. The van der Waals surface area contributed by atoms with E-state index in [2.05, 4.69) is 0 Å². The van der Waals surface area contributed by atoms with Crippen LogP contribution in [-0.2, 0) is 10.2 Å². The molecule has 5 nitrogen and oxygen atoms in total. The molecule has 0 amide bonds. The summed E-state index contributed by atoms with van der Waals surface area (Å²) in [6, 6.07) is 0.293. The van der Waals surface area contributed by atoms with Crippen LogP contribution in [-0.4, -0.2) is 48.7 Å². The van der Waals surface area contributed by atoms with Crippen LogP contribution in [0, 0.1) is 5.92 Å². The summed E-state index contributed by atoms with van der Waals surface area (Å²) in [6.07, 6.45) is 4.11. The van der Waals surface area contributed by atoms with E-state index in [4.69, 9.17) is 5.73 Å². The molecule has 2 aliphatic heterocycles. The van der Waals surface area contributed by atoms with Crippen LogP contribution in [0.1, 0.15) is 25.7 Å². The van der Waals surface area contributed by atoms with E-state index in [1.54, 1.807) is 8.61 Å². The number of nitrogens with two attached hydrogens (primary N) is 1. The normalized spacial score (nSPS) is 38.5. The zero-order valence-corrected chi connectivity index (χ0v) is 11.4. The molecule has 2 unspecified atom stereocenters. The van der Waals surface area contributed by atoms with Crippen LogP contribution in [0.25, 0.3) is 0 Å². The number of hydrogen-bond donors (Lipinski definition) is 1. The SMILES string of the molecule is Cl.N[C@@H]1CCN(S(=O)(=O)N2CC3CCC2C3)C1. The highest BCUT2D eigenvalue weighted by Crippen LogP contribution is 2.39. The van der Waals surface area contributed by atoms with Gasteiger partial charge in [-0.3, -0.25) is 0 Å². The minimum atomic E-state index is -3.22. The summed E-state index contributed by atoms with van der Waals surface area (Å²) < 4.78 is 28.0. The Balaban J connectivity index is 0.00000108. The maximum Gasteiger partial charge on any atom is 0.282 e. The highest BCUT2D eigenvalue weighted by Gasteiger charge is 2.46. The lowest BCUT2D eigenvalue weighted by Crippen LogP contribution is -2.46. The summed E-state index contributed by atoms with van der Waals surface area (Å²) in [4.78, 5) is 0. The monoisotopic (exact) mass is 281 g/mol. The molecule has 2 bridgehead atoms. The fourth-order valence-corrected chi connectivity index (χ4v) is 5.25. The number of rotatable bonds is 2. The van der Waals surface area contributed by atoms with Gasteiger partial charge in [0.2, 0.25) is 0 Å². The van der Waals surface area contributed by atoms with Crippen molar-refractivity contribution in [3.05, 3.63) is 0 Å². The minimum absolute atomic E-state index is 0. The van der Waals surface area contributed by atoms with Crippen molar-refractivity contribution in [3.63, 3.8) is 0 Å². The van der Waals surface area contributed by atoms with E-state index in [1.807, 2.05) is 0 Å². The molecule has 2 saturated heterocycles. The van der Waals surface area contributed by atoms with Gasteiger partial charge in [-0.15, -0.1) is 12.4 Å². The second-order valence-corrected chi connectivity index (χ2v) is 7.20. The van der Waals surface area contributed by atoms with Gasteiger partial charge in [-0.1, -0.05) is 0 Å². The lowest BCUT2D eigenvalue weighted by Gasteiger charge is -2.30. The summed E-state index contributed by atoms with van der Waals surface area (Å²) in [7, 11) is -3.22. The van der Waals surface area contributed by atoms with Crippen molar-refractivity contribution in [2.24, 2.45) is 11.7 Å². The zero-order valence-electron chi connectivity index (χ0n) is 9.79. The summed E-state index contributed by atoms with van der Waals surface area (Å²) in [5.74, 6) is 0.607. The molecule has 0 aromatic rings. The molecule has 0 radical (unpaired) electrons. The summed E-state index contributed by atoms with van der Waals surface area (Å²) in [6.45, 7) is 1.83. The van der Waals surface area contributed by atoms with Gasteiger partial charge in [-0.2, -0.15) is 17.0 Å². The van der Waals surface area contributed by atoms with E-state index in [0.29, 0.717) is 19.0 Å². The topological polar surface area (TPSA) is 66.6 Å². The van der Waals surface area contributed by atoms with Crippen LogP contribution in [0.3, 0.4) is 0 Å². The van der Waals surface area contributed by atoms with Gasteiger partial charge < -0.3 is 5.73 Å². The van der Waals surface area contributed by atoms with Gasteiger partial charge in [-0.25, -0.2) is 0 Å². The molecule has 3 fully saturated rings. The van der Waals surface area contributed by atoms with Gasteiger partial charge in [0.05, 0.1) is 0 Å². The standard InChI is InChI=1S/C10H19N3O2S.ClH/c11-9-3-4-12(7-9)16(14,15)13-6-8-1-2-10(13)5-8;/h8-10H,1-7,11H2;1H/t8?,9-,10?;/m1./s1. The Morgan fingerprint density at radius 2 is 1.88 bits per heavy atom. The Labute approximate surface area is 109 Å². The maximum atomic E-state index is 12.4. The zero-order chi connectivity index (χ0) is 11.3. The van der Waals surface area contributed by atoms with Gasteiger partial charge in [0, 0.05) is 31.7 Å². The van der Waals surface area contributed by atoms with Crippen molar-refractivity contribution in [1.82, 2.24) is 8.61 Å². The Morgan fingerprint density at radius 1 is 1.12 bits per heavy atom. The molecule has 2 N–H and O–H groups in total. The van der Waals surface area contributed by atoms with Crippen molar-refractivity contribution in [2.75, 3.05) is 19.6 Å². The van der Waals surface area contributed by atoms with Gasteiger partial charge in [-0.05, 0) is 31.6 Å². The molecular formula is C10H20ClN3O2S. The molecule has 2 heterocycles. The first-order chi connectivity index (χ1) is 7.57. The average molecular weight is 282 g/mol. The van der Waals surface area contributed by atoms with Crippen molar-refractivity contribution >= 4 is 22.6 Å². The number of halogens is 1. The molecular weight excluding hydrogens is 262 g/mol. The molecule has 17 heavy (non-hydrogen) atoms. The molecule has 0 aromatic heterocycles. The van der Waals surface area contributed by atoms with Crippen LogP contribution < -0.4 is 5.73 Å². The first-order valence-electron chi connectivity index (χ1n) is 6.10. The van der Waals surface area contributed by atoms with E-state index >= 15 is 0 Å². The Kier molecular flexibility index (Phi) is 3.71. The van der Waals surface area contributed by atoms with Gasteiger partial charge >= 0.3 is 0 Å². The van der Waals surface area contributed by atoms with Gasteiger partial charge in [0.1, 0.15) is 0 Å². The van der Waals surface area contributed by atoms with Crippen molar-refractivity contribution < 1.29 is 8.42 Å². The quantitative estimate of drug-likeness (QED) is 0.785. The fourth-order valence-electron chi connectivity index (χ4n) is 3.27. The Morgan fingerprint density at radius 3 is 2.35 bits per heavy atom. The molecule has 3 aliphatic rings. The third kappa shape index (κ3) is 2.21. The van der Waals surface area contributed by atoms with Crippen LogP contribution in [0.4, 0.5) is 0 Å².